The molecule has 0 aromatic heterocycles. The van der Waals surface area contributed by atoms with Gasteiger partial charge in [0.1, 0.15) is 10.6 Å². The summed E-state index contributed by atoms with van der Waals surface area (Å²) in [6, 6.07) is 6.67. The Hall–Kier alpha value is -1.15. The monoisotopic (exact) mass is 355 g/mol. The topological polar surface area (TPSA) is 76.1 Å². The van der Waals surface area contributed by atoms with Crippen LogP contribution < -0.4 is 4.74 Å². The number of sulfonamides is 1. The van der Waals surface area contributed by atoms with E-state index in [9.17, 15) is 13.5 Å². The van der Waals surface area contributed by atoms with Crippen molar-refractivity contribution in [3.8, 4) is 5.75 Å². The second-order valence-electron chi connectivity index (χ2n) is 6.48. The zero-order valence-corrected chi connectivity index (χ0v) is 15.0. The first kappa shape index (κ1) is 17.7. The van der Waals surface area contributed by atoms with E-state index in [0.717, 1.165) is 0 Å². The van der Waals surface area contributed by atoms with E-state index in [-0.39, 0.29) is 16.4 Å². The van der Waals surface area contributed by atoms with Crippen LogP contribution in [0.3, 0.4) is 0 Å². The Morgan fingerprint density at radius 3 is 2.54 bits per heavy atom. The summed E-state index contributed by atoms with van der Waals surface area (Å²) < 4.78 is 38.3. The zero-order valence-electron chi connectivity index (χ0n) is 14.1. The number of hydrogen-bond donors (Lipinski definition) is 1. The van der Waals surface area contributed by atoms with E-state index < -0.39 is 16.1 Å². The predicted octanol–water partition coefficient (Wildman–Crippen LogP) is 1.64. The lowest BCUT2D eigenvalue weighted by Crippen LogP contribution is -2.62. The number of aliphatic hydroxyl groups is 1. The van der Waals surface area contributed by atoms with Crippen LogP contribution in [0, 0.1) is 5.41 Å². The van der Waals surface area contributed by atoms with Crippen molar-refractivity contribution in [2.45, 2.75) is 43.3 Å². The molecule has 0 bridgehead atoms. The minimum atomic E-state index is -3.60. The van der Waals surface area contributed by atoms with Gasteiger partial charge >= 0.3 is 0 Å². The Bertz CT molecular complexity index is 680. The first-order valence-electron chi connectivity index (χ1n) is 8.38. The van der Waals surface area contributed by atoms with Crippen LogP contribution in [0.2, 0.25) is 0 Å². The van der Waals surface area contributed by atoms with Gasteiger partial charge in [0.25, 0.3) is 0 Å². The number of benzene rings is 1. The highest BCUT2D eigenvalue weighted by molar-refractivity contribution is 7.89. The molecule has 1 aliphatic carbocycles. The first-order valence-corrected chi connectivity index (χ1v) is 9.82. The molecule has 24 heavy (non-hydrogen) atoms. The highest BCUT2D eigenvalue weighted by Gasteiger charge is 2.56. The molecule has 1 saturated heterocycles. The van der Waals surface area contributed by atoms with Crippen molar-refractivity contribution in [3.63, 3.8) is 0 Å². The molecule has 1 saturated carbocycles. The molecule has 2 aliphatic rings. The second kappa shape index (κ2) is 6.63. The van der Waals surface area contributed by atoms with Gasteiger partial charge in [-0.2, -0.15) is 4.31 Å². The van der Waals surface area contributed by atoms with Crippen LogP contribution in [0.15, 0.2) is 29.2 Å². The van der Waals surface area contributed by atoms with Crippen LogP contribution in [0.25, 0.3) is 0 Å². The minimum absolute atomic E-state index is 0.0358. The van der Waals surface area contributed by atoms with Crippen molar-refractivity contribution in [2.24, 2.45) is 5.41 Å². The molecule has 1 aromatic carbocycles. The van der Waals surface area contributed by atoms with Crippen LogP contribution >= 0.6 is 0 Å². The Balaban J connectivity index is 1.77. The van der Waals surface area contributed by atoms with Crippen molar-refractivity contribution in [2.75, 3.05) is 26.8 Å². The van der Waals surface area contributed by atoms with Crippen molar-refractivity contribution in [1.29, 1.82) is 0 Å². The molecule has 2 atom stereocenters. The standard InChI is InChI=1S/C17H25NO5S/c1-3-23-16-12-15(19)17(16)8-10-18(11-9-17)24(20,21)14-7-5-4-6-13(14)22-2/h4-7,15-16,19H,3,8-12H2,1-2H3/t15-,16+/m1/s1. The lowest BCUT2D eigenvalue weighted by Gasteiger charge is -2.56. The Morgan fingerprint density at radius 1 is 1.29 bits per heavy atom. The van der Waals surface area contributed by atoms with Crippen LogP contribution in [0.1, 0.15) is 26.2 Å². The number of methoxy groups -OCH3 is 1. The summed E-state index contributed by atoms with van der Waals surface area (Å²) in [5.74, 6) is 0.355. The molecule has 1 aromatic rings. The Morgan fingerprint density at radius 2 is 1.96 bits per heavy atom. The second-order valence-corrected chi connectivity index (χ2v) is 8.39. The maximum absolute atomic E-state index is 12.9. The van der Waals surface area contributed by atoms with Gasteiger partial charge in [-0.3, -0.25) is 0 Å². The number of rotatable bonds is 5. The maximum Gasteiger partial charge on any atom is 0.246 e. The van der Waals surface area contributed by atoms with Gasteiger partial charge in [0.05, 0.1) is 19.3 Å². The molecular formula is C17H25NO5S. The van der Waals surface area contributed by atoms with E-state index in [1.807, 2.05) is 6.92 Å². The van der Waals surface area contributed by atoms with Gasteiger partial charge in [0.15, 0.2) is 0 Å². The molecule has 134 valence electrons. The zero-order chi connectivity index (χ0) is 17.4. The van der Waals surface area contributed by atoms with E-state index in [2.05, 4.69) is 0 Å². The average molecular weight is 355 g/mol. The summed E-state index contributed by atoms with van der Waals surface area (Å²) in [6.45, 7) is 3.34. The molecule has 3 rings (SSSR count). The first-order chi connectivity index (χ1) is 11.5. The van der Waals surface area contributed by atoms with Gasteiger partial charge < -0.3 is 14.6 Å². The number of aliphatic hydroxyl groups excluding tert-OH is 1. The van der Waals surface area contributed by atoms with Gasteiger partial charge in [-0.1, -0.05) is 12.1 Å². The van der Waals surface area contributed by atoms with Gasteiger partial charge in [-0.15, -0.1) is 0 Å². The number of nitrogens with zero attached hydrogens (tertiary/aromatic N) is 1. The van der Waals surface area contributed by atoms with Crippen LogP contribution in [-0.2, 0) is 14.8 Å². The summed E-state index contributed by atoms with van der Waals surface area (Å²) in [4.78, 5) is 0.193. The van der Waals surface area contributed by atoms with Gasteiger partial charge in [0, 0.05) is 31.5 Å². The van der Waals surface area contributed by atoms with E-state index in [0.29, 0.717) is 44.7 Å². The Labute approximate surface area is 143 Å². The van der Waals surface area contributed by atoms with Gasteiger partial charge in [-0.25, -0.2) is 8.42 Å². The van der Waals surface area contributed by atoms with E-state index in [1.165, 1.54) is 11.4 Å². The third-order valence-electron chi connectivity index (χ3n) is 5.45. The molecule has 1 heterocycles. The fourth-order valence-electron chi connectivity index (χ4n) is 3.93. The van der Waals surface area contributed by atoms with E-state index in [1.54, 1.807) is 24.3 Å². The van der Waals surface area contributed by atoms with Crippen LogP contribution in [0.5, 0.6) is 5.75 Å². The van der Waals surface area contributed by atoms with Crippen molar-refractivity contribution >= 4 is 10.0 Å². The number of ether oxygens (including phenoxy) is 2. The maximum atomic E-state index is 12.9. The molecule has 1 aliphatic heterocycles. The largest absolute Gasteiger partial charge is 0.495 e. The lowest BCUT2D eigenvalue weighted by molar-refractivity contribution is -0.205. The van der Waals surface area contributed by atoms with Crippen LogP contribution in [0.4, 0.5) is 0 Å². The fourth-order valence-corrected chi connectivity index (χ4v) is 5.53. The molecular weight excluding hydrogens is 330 g/mol. The third kappa shape index (κ3) is 2.73. The molecule has 0 amide bonds. The van der Waals surface area contributed by atoms with E-state index in [4.69, 9.17) is 9.47 Å². The van der Waals surface area contributed by atoms with Gasteiger partial charge in [-0.05, 0) is 31.9 Å². The summed E-state index contributed by atoms with van der Waals surface area (Å²) in [6.07, 6.45) is 1.52. The number of piperidine rings is 1. The highest BCUT2D eigenvalue weighted by atomic mass is 32.2. The number of hydrogen-bond acceptors (Lipinski definition) is 5. The van der Waals surface area contributed by atoms with Crippen molar-refractivity contribution in [1.82, 2.24) is 4.31 Å². The number of para-hydroxylation sites is 1. The third-order valence-corrected chi connectivity index (χ3v) is 7.39. The fraction of sp³-hybridized carbons (Fsp3) is 0.647. The summed E-state index contributed by atoms with van der Waals surface area (Å²) >= 11 is 0. The molecule has 0 unspecified atom stereocenters. The predicted molar refractivity (Wildman–Crippen MR) is 89.5 cm³/mol. The summed E-state index contributed by atoms with van der Waals surface area (Å²) in [7, 11) is -2.13. The SMILES string of the molecule is CCO[C@H]1C[C@@H](O)C12CCN(S(=O)(=O)c1ccccc1OC)CC2. The quantitative estimate of drug-likeness (QED) is 0.869. The molecule has 6 nitrogen and oxygen atoms in total. The van der Waals surface area contributed by atoms with Crippen molar-refractivity contribution in [3.05, 3.63) is 24.3 Å². The van der Waals surface area contributed by atoms with Crippen molar-refractivity contribution < 1.29 is 23.0 Å². The molecule has 7 heteroatoms. The molecule has 1 spiro atoms. The van der Waals surface area contributed by atoms with Gasteiger partial charge in [0.2, 0.25) is 10.0 Å². The van der Waals surface area contributed by atoms with Crippen LogP contribution in [-0.4, -0.2) is 56.8 Å². The normalized spacial score (nSPS) is 27.0. The lowest BCUT2D eigenvalue weighted by atomic mass is 9.58. The minimum Gasteiger partial charge on any atom is -0.495 e. The summed E-state index contributed by atoms with van der Waals surface area (Å²) in [5, 5.41) is 10.2. The molecule has 2 fully saturated rings. The Kier molecular flexibility index (Phi) is 4.88. The smallest absolute Gasteiger partial charge is 0.246 e. The summed E-state index contributed by atoms with van der Waals surface area (Å²) in [5.41, 5.74) is -0.289. The molecule has 1 N–H and O–H groups in total. The highest BCUT2D eigenvalue weighted by Crippen LogP contribution is 2.51. The molecule has 0 radical (unpaired) electrons. The average Bonchev–Trinajstić information content (AvgIpc) is 2.61. The van der Waals surface area contributed by atoms with E-state index >= 15 is 0 Å².